The summed E-state index contributed by atoms with van der Waals surface area (Å²) in [4.78, 5) is 29.9. The predicted octanol–water partition coefficient (Wildman–Crippen LogP) is 5.24. The second kappa shape index (κ2) is 13.7. The summed E-state index contributed by atoms with van der Waals surface area (Å²) in [5.41, 5.74) is 4.44. The molecule has 0 fully saturated rings. The quantitative estimate of drug-likeness (QED) is 0.334. The van der Waals surface area contributed by atoms with E-state index in [9.17, 15) is 14.7 Å². The van der Waals surface area contributed by atoms with E-state index in [1.54, 1.807) is 23.1 Å². The van der Waals surface area contributed by atoms with Gasteiger partial charge in [-0.15, -0.1) is 0 Å². The normalized spacial score (nSPS) is 17.9. The van der Waals surface area contributed by atoms with E-state index in [1.807, 2.05) is 39.0 Å². The molecule has 0 aromatic heterocycles. The second-order valence-corrected chi connectivity index (χ2v) is 11.3. The van der Waals surface area contributed by atoms with E-state index in [4.69, 9.17) is 4.74 Å². The number of urea groups is 1. The Morgan fingerprint density at radius 3 is 2.39 bits per heavy atom. The van der Waals surface area contributed by atoms with E-state index in [2.05, 4.69) is 65.9 Å². The summed E-state index contributed by atoms with van der Waals surface area (Å²) < 4.78 is 6.51. The monoisotopic (exact) mass is 558 g/mol. The molecule has 3 amide bonds. The van der Waals surface area contributed by atoms with Gasteiger partial charge in [0.25, 0.3) is 5.91 Å². The Bertz CT molecular complexity index is 1310. The summed E-state index contributed by atoms with van der Waals surface area (Å²) in [5.74, 6) is 0.252. The third-order valence-corrected chi connectivity index (χ3v) is 7.35. The number of carbonyl (C=O) groups excluding carboxylic acids is 2. The molecule has 8 heteroatoms. The molecular formula is C33H42N4O4. The lowest BCUT2D eigenvalue weighted by Crippen LogP contribution is -2.49. The van der Waals surface area contributed by atoms with Crippen LogP contribution in [-0.4, -0.2) is 71.8 Å². The fourth-order valence-corrected chi connectivity index (χ4v) is 5.06. The van der Waals surface area contributed by atoms with Gasteiger partial charge in [-0.05, 0) is 62.7 Å². The number of aliphatic hydroxyl groups excluding tert-OH is 1. The number of rotatable bonds is 9. The summed E-state index contributed by atoms with van der Waals surface area (Å²) in [6.45, 7) is 9.36. The topological polar surface area (TPSA) is 94.1 Å². The van der Waals surface area contributed by atoms with Crippen molar-refractivity contribution in [3.63, 3.8) is 0 Å². The van der Waals surface area contributed by atoms with Gasteiger partial charge in [-0.2, -0.15) is 0 Å². The van der Waals surface area contributed by atoms with Crippen LogP contribution in [0.5, 0.6) is 5.75 Å². The number of carbonyl (C=O) groups is 2. The zero-order valence-electron chi connectivity index (χ0n) is 24.6. The van der Waals surface area contributed by atoms with Crippen LogP contribution in [0.1, 0.15) is 43.6 Å². The van der Waals surface area contributed by atoms with Crippen LogP contribution in [0.3, 0.4) is 0 Å². The van der Waals surface area contributed by atoms with E-state index in [0.717, 1.165) is 6.54 Å². The van der Waals surface area contributed by atoms with Gasteiger partial charge in [0.2, 0.25) is 0 Å². The largest absolute Gasteiger partial charge is 0.488 e. The Kier molecular flexibility index (Phi) is 10.0. The van der Waals surface area contributed by atoms with Gasteiger partial charge in [0, 0.05) is 37.3 Å². The molecule has 0 bridgehead atoms. The van der Waals surface area contributed by atoms with Crippen molar-refractivity contribution in [3.05, 3.63) is 83.9 Å². The predicted molar refractivity (Wildman–Crippen MR) is 163 cm³/mol. The number of anilines is 1. The molecule has 218 valence electrons. The van der Waals surface area contributed by atoms with Gasteiger partial charge >= 0.3 is 6.03 Å². The van der Waals surface area contributed by atoms with Crippen molar-refractivity contribution in [2.75, 3.05) is 32.1 Å². The lowest BCUT2D eigenvalue weighted by Gasteiger charge is -2.38. The zero-order valence-corrected chi connectivity index (χ0v) is 24.6. The first-order valence-corrected chi connectivity index (χ1v) is 14.3. The summed E-state index contributed by atoms with van der Waals surface area (Å²) >= 11 is 0. The SMILES string of the molecule is CC(C)NC(=O)Nc1ccc2c(c1)C(=O)N([C@@H](C)CO)C[C@H](C)[C@H](CN(C)Cc1ccc(-c3ccccc3)cc1)O2. The second-order valence-electron chi connectivity index (χ2n) is 11.3. The molecule has 3 N–H and O–H groups in total. The van der Waals surface area contributed by atoms with Gasteiger partial charge in [0.1, 0.15) is 11.9 Å². The zero-order chi connectivity index (χ0) is 29.5. The Balaban J connectivity index is 1.52. The maximum absolute atomic E-state index is 13.6. The van der Waals surface area contributed by atoms with Crippen molar-refractivity contribution in [1.82, 2.24) is 15.1 Å². The Labute approximate surface area is 243 Å². The van der Waals surface area contributed by atoms with Crippen molar-refractivity contribution in [2.24, 2.45) is 5.92 Å². The molecule has 0 saturated carbocycles. The van der Waals surface area contributed by atoms with Gasteiger partial charge in [-0.25, -0.2) is 4.79 Å². The van der Waals surface area contributed by atoms with Crippen molar-refractivity contribution < 1.29 is 19.4 Å². The number of amides is 3. The van der Waals surface area contributed by atoms with E-state index >= 15 is 0 Å². The average Bonchev–Trinajstić information content (AvgIpc) is 2.95. The molecule has 0 saturated heterocycles. The molecule has 0 aliphatic carbocycles. The molecule has 3 atom stereocenters. The van der Waals surface area contributed by atoms with Crippen LogP contribution >= 0.6 is 0 Å². The van der Waals surface area contributed by atoms with Gasteiger partial charge in [0.15, 0.2) is 0 Å². The number of hydrogen-bond donors (Lipinski definition) is 3. The van der Waals surface area contributed by atoms with Crippen LogP contribution in [0.25, 0.3) is 11.1 Å². The van der Waals surface area contributed by atoms with Crippen molar-refractivity contribution >= 4 is 17.6 Å². The van der Waals surface area contributed by atoms with Crippen molar-refractivity contribution in [3.8, 4) is 16.9 Å². The Morgan fingerprint density at radius 2 is 1.73 bits per heavy atom. The summed E-state index contributed by atoms with van der Waals surface area (Å²) in [6, 6.07) is 23.3. The number of ether oxygens (including phenoxy) is 1. The number of nitrogens with zero attached hydrogens (tertiary/aromatic N) is 2. The molecule has 4 rings (SSSR count). The molecule has 0 unspecified atom stereocenters. The molecule has 3 aromatic rings. The Hall–Kier alpha value is -3.88. The van der Waals surface area contributed by atoms with Gasteiger partial charge in [-0.3, -0.25) is 9.69 Å². The van der Waals surface area contributed by atoms with Gasteiger partial charge in [-0.1, -0.05) is 61.5 Å². The highest BCUT2D eigenvalue weighted by Gasteiger charge is 2.33. The molecule has 0 spiro atoms. The summed E-state index contributed by atoms with van der Waals surface area (Å²) in [7, 11) is 2.07. The van der Waals surface area contributed by atoms with Crippen LogP contribution in [0.4, 0.5) is 10.5 Å². The van der Waals surface area contributed by atoms with E-state index in [-0.39, 0.29) is 42.7 Å². The summed E-state index contributed by atoms with van der Waals surface area (Å²) in [5, 5.41) is 15.5. The first-order valence-electron chi connectivity index (χ1n) is 14.3. The average molecular weight is 559 g/mol. The molecule has 1 aliphatic heterocycles. The number of nitrogens with one attached hydrogen (secondary N) is 2. The van der Waals surface area contributed by atoms with Crippen molar-refractivity contribution in [2.45, 2.75) is 52.4 Å². The molecule has 0 radical (unpaired) electrons. The molecule has 1 aliphatic rings. The van der Waals surface area contributed by atoms with Crippen LogP contribution in [0, 0.1) is 5.92 Å². The minimum atomic E-state index is -0.363. The van der Waals surface area contributed by atoms with Gasteiger partial charge in [0.05, 0.1) is 18.2 Å². The fraction of sp³-hybridized carbons (Fsp3) is 0.394. The van der Waals surface area contributed by atoms with Crippen LogP contribution in [0.2, 0.25) is 0 Å². The number of benzene rings is 3. The van der Waals surface area contributed by atoms with E-state index < -0.39 is 0 Å². The smallest absolute Gasteiger partial charge is 0.319 e. The van der Waals surface area contributed by atoms with Crippen molar-refractivity contribution in [1.29, 1.82) is 0 Å². The summed E-state index contributed by atoms with van der Waals surface area (Å²) in [6.07, 6.45) is -0.202. The minimum absolute atomic E-state index is 0.0126. The van der Waals surface area contributed by atoms with Crippen LogP contribution < -0.4 is 15.4 Å². The third-order valence-electron chi connectivity index (χ3n) is 7.35. The first kappa shape index (κ1) is 30.1. The molecular weight excluding hydrogens is 516 g/mol. The number of fused-ring (bicyclic) bond motifs is 1. The molecule has 41 heavy (non-hydrogen) atoms. The van der Waals surface area contributed by atoms with E-state index in [0.29, 0.717) is 30.1 Å². The maximum atomic E-state index is 13.6. The standard InChI is InChI=1S/C33H42N4O4/c1-22(2)34-33(40)35-28-15-16-30-29(17-28)32(39)37(24(4)21-38)18-23(3)31(41-30)20-36(5)19-25-11-13-27(14-12-25)26-9-7-6-8-10-26/h6-17,22-24,31,38H,18-21H2,1-5H3,(H2,34,35,40)/t23-,24-,31-/m0/s1. The number of likely N-dealkylation sites (N-methyl/N-ethyl adjacent to an activating group) is 1. The maximum Gasteiger partial charge on any atom is 0.319 e. The fourth-order valence-electron chi connectivity index (χ4n) is 5.06. The van der Waals surface area contributed by atoms with Gasteiger partial charge < -0.3 is 25.4 Å². The molecule has 1 heterocycles. The van der Waals surface area contributed by atoms with E-state index in [1.165, 1.54) is 16.7 Å². The highest BCUT2D eigenvalue weighted by atomic mass is 16.5. The lowest BCUT2D eigenvalue weighted by atomic mass is 9.99. The number of aliphatic hydroxyl groups is 1. The Morgan fingerprint density at radius 1 is 1.05 bits per heavy atom. The van der Waals surface area contributed by atoms with Crippen LogP contribution in [0.15, 0.2) is 72.8 Å². The third kappa shape index (κ3) is 7.86. The number of hydrogen-bond acceptors (Lipinski definition) is 5. The first-order chi connectivity index (χ1) is 19.6. The highest BCUT2D eigenvalue weighted by molar-refractivity contribution is 5.99. The lowest BCUT2D eigenvalue weighted by molar-refractivity contribution is 0.0341. The highest BCUT2D eigenvalue weighted by Crippen LogP contribution is 2.31. The molecule has 8 nitrogen and oxygen atoms in total. The minimum Gasteiger partial charge on any atom is -0.488 e. The van der Waals surface area contributed by atoms with Crippen LogP contribution in [-0.2, 0) is 6.54 Å². The molecule has 3 aromatic carbocycles.